The van der Waals surface area contributed by atoms with Crippen LogP contribution in [0.3, 0.4) is 0 Å². The molecule has 0 heterocycles. The molecule has 184 valence electrons. The first-order valence-electron chi connectivity index (χ1n) is 12.6. The number of rotatable bonds is 8. The van der Waals surface area contributed by atoms with Crippen LogP contribution in [-0.2, 0) is 14.3 Å². The maximum Gasteiger partial charge on any atom is 0.407 e. The maximum absolute atomic E-state index is 12.8. The number of nitrogens with one attached hydrogen (secondary N) is 2. The predicted molar refractivity (Wildman–Crippen MR) is 131 cm³/mol. The molecule has 0 spiro atoms. The normalized spacial score (nSPS) is 21.9. The molecule has 2 fully saturated rings. The molecule has 35 heavy (non-hydrogen) atoms. The summed E-state index contributed by atoms with van der Waals surface area (Å²) in [6.45, 7) is 0.814. The number of aliphatic carboxylic acids is 1. The van der Waals surface area contributed by atoms with Gasteiger partial charge in [0.25, 0.3) is 0 Å². The monoisotopic (exact) mass is 476 g/mol. The summed E-state index contributed by atoms with van der Waals surface area (Å²) in [4.78, 5) is 36.8. The first kappa shape index (κ1) is 23.4. The van der Waals surface area contributed by atoms with E-state index in [0.717, 1.165) is 25.7 Å². The fraction of sp³-hybridized carbons (Fsp3) is 0.464. The van der Waals surface area contributed by atoms with Crippen LogP contribution in [0.5, 0.6) is 0 Å². The third-order valence-corrected chi connectivity index (χ3v) is 8.01. The zero-order chi connectivity index (χ0) is 24.4. The van der Waals surface area contributed by atoms with Gasteiger partial charge in [0.05, 0.1) is 5.41 Å². The molecule has 2 amide bonds. The van der Waals surface area contributed by atoms with Crippen molar-refractivity contribution in [3.8, 4) is 11.1 Å². The lowest BCUT2D eigenvalue weighted by molar-refractivity contribution is -0.143. The van der Waals surface area contributed by atoms with Gasteiger partial charge in [0.2, 0.25) is 5.91 Å². The van der Waals surface area contributed by atoms with Gasteiger partial charge >= 0.3 is 12.1 Å². The lowest BCUT2D eigenvalue weighted by Crippen LogP contribution is -2.44. The summed E-state index contributed by atoms with van der Waals surface area (Å²) < 4.78 is 5.64. The summed E-state index contributed by atoms with van der Waals surface area (Å²) in [5.41, 5.74) is 3.92. The average Bonchev–Trinajstić information content (AvgIpc) is 3.62. The molecule has 3 N–H and O–H groups in total. The summed E-state index contributed by atoms with van der Waals surface area (Å²) in [6.07, 6.45) is 4.33. The Balaban J connectivity index is 1.14. The van der Waals surface area contributed by atoms with Gasteiger partial charge in [-0.3, -0.25) is 9.59 Å². The van der Waals surface area contributed by atoms with Crippen LogP contribution in [0.15, 0.2) is 48.5 Å². The summed E-state index contributed by atoms with van der Waals surface area (Å²) in [5, 5.41) is 15.1. The van der Waals surface area contributed by atoms with E-state index >= 15 is 0 Å². The Kier molecular flexibility index (Phi) is 6.50. The van der Waals surface area contributed by atoms with Gasteiger partial charge in [0, 0.05) is 24.9 Å². The molecule has 0 radical (unpaired) electrons. The minimum Gasteiger partial charge on any atom is -0.481 e. The first-order chi connectivity index (χ1) is 17.0. The van der Waals surface area contributed by atoms with Crippen molar-refractivity contribution in [3.05, 3.63) is 59.7 Å². The van der Waals surface area contributed by atoms with E-state index in [4.69, 9.17) is 4.74 Å². The van der Waals surface area contributed by atoms with Crippen LogP contribution in [-0.4, -0.2) is 42.8 Å². The Bertz CT molecular complexity index is 1080. The lowest BCUT2D eigenvalue weighted by atomic mass is 9.78. The van der Waals surface area contributed by atoms with Crippen LogP contribution < -0.4 is 10.6 Å². The number of amides is 2. The number of carbonyl (C=O) groups excluding carboxylic acids is 2. The lowest BCUT2D eigenvalue weighted by Gasteiger charge is -2.31. The molecule has 2 atom stereocenters. The van der Waals surface area contributed by atoms with Crippen LogP contribution in [0.2, 0.25) is 0 Å². The van der Waals surface area contributed by atoms with E-state index in [2.05, 4.69) is 34.9 Å². The second kappa shape index (κ2) is 9.72. The number of carboxylic acid groups (broad SMARTS) is 1. The molecule has 0 saturated heterocycles. The third kappa shape index (κ3) is 4.77. The van der Waals surface area contributed by atoms with Gasteiger partial charge in [0.1, 0.15) is 6.61 Å². The van der Waals surface area contributed by atoms with Gasteiger partial charge in [-0.2, -0.15) is 0 Å². The number of ether oxygens (including phenoxy) is 1. The summed E-state index contributed by atoms with van der Waals surface area (Å²) in [5.74, 6) is -1.14. The van der Waals surface area contributed by atoms with E-state index in [1.807, 2.05) is 24.3 Å². The molecule has 3 aliphatic rings. The van der Waals surface area contributed by atoms with E-state index in [9.17, 15) is 19.5 Å². The van der Waals surface area contributed by atoms with Gasteiger partial charge < -0.3 is 20.5 Å². The van der Waals surface area contributed by atoms with E-state index in [1.165, 1.54) is 22.3 Å². The molecule has 7 nitrogen and oxygen atoms in total. The summed E-state index contributed by atoms with van der Waals surface area (Å²) in [7, 11) is 0. The minimum absolute atomic E-state index is 0.00494. The second-order valence-electron chi connectivity index (χ2n) is 10.2. The van der Waals surface area contributed by atoms with Gasteiger partial charge in [-0.05, 0) is 53.9 Å². The highest BCUT2D eigenvalue weighted by atomic mass is 16.5. The number of carboxylic acids is 1. The van der Waals surface area contributed by atoms with Crippen molar-refractivity contribution in [2.75, 3.05) is 19.7 Å². The Hall–Kier alpha value is -3.35. The van der Waals surface area contributed by atoms with Gasteiger partial charge in [-0.25, -0.2) is 4.79 Å². The number of hydrogen-bond donors (Lipinski definition) is 3. The Labute approximate surface area is 205 Å². The molecule has 0 aromatic heterocycles. The van der Waals surface area contributed by atoms with Crippen LogP contribution >= 0.6 is 0 Å². The van der Waals surface area contributed by atoms with Crippen molar-refractivity contribution in [2.45, 2.75) is 44.4 Å². The number of hydrogen-bond acceptors (Lipinski definition) is 4. The quantitative estimate of drug-likeness (QED) is 0.527. The SMILES string of the molecule is O=C(NCC1CCCCC1C(=O)NCC1(C(=O)O)CC1)OCC1c2ccccc2-c2ccccc21. The molecule has 2 unspecified atom stereocenters. The predicted octanol–water partition coefficient (Wildman–Crippen LogP) is 4.31. The van der Waals surface area contributed by atoms with Crippen molar-refractivity contribution in [3.63, 3.8) is 0 Å². The van der Waals surface area contributed by atoms with Gasteiger partial charge in [0.15, 0.2) is 0 Å². The van der Waals surface area contributed by atoms with Crippen molar-refractivity contribution < 1.29 is 24.2 Å². The Morgan fingerprint density at radius 3 is 2.17 bits per heavy atom. The first-order valence-corrected chi connectivity index (χ1v) is 12.6. The number of carbonyl (C=O) groups is 3. The highest BCUT2D eigenvalue weighted by Gasteiger charge is 2.50. The smallest absolute Gasteiger partial charge is 0.407 e. The number of alkyl carbamates (subject to hydrolysis) is 1. The minimum atomic E-state index is -0.838. The van der Waals surface area contributed by atoms with Crippen molar-refractivity contribution in [1.82, 2.24) is 10.6 Å². The molecular weight excluding hydrogens is 444 g/mol. The van der Waals surface area contributed by atoms with E-state index < -0.39 is 17.5 Å². The Morgan fingerprint density at radius 2 is 1.54 bits per heavy atom. The van der Waals surface area contributed by atoms with Gasteiger partial charge in [-0.15, -0.1) is 0 Å². The van der Waals surface area contributed by atoms with Crippen molar-refractivity contribution in [2.24, 2.45) is 17.3 Å². The molecule has 2 saturated carbocycles. The van der Waals surface area contributed by atoms with E-state index in [-0.39, 0.29) is 36.8 Å². The molecule has 2 aromatic carbocycles. The molecule has 0 aliphatic heterocycles. The van der Waals surface area contributed by atoms with E-state index in [0.29, 0.717) is 19.4 Å². The van der Waals surface area contributed by atoms with Gasteiger partial charge in [-0.1, -0.05) is 61.4 Å². The van der Waals surface area contributed by atoms with Crippen molar-refractivity contribution >= 4 is 18.0 Å². The van der Waals surface area contributed by atoms with Crippen LogP contribution in [0.1, 0.15) is 55.6 Å². The van der Waals surface area contributed by atoms with Crippen molar-refractivity contribution in [1.29, 1.82) is 0 Å². The maximum atomic E-state index is 12.8. The highest BCUT2D eigenvalue weighted by Crippen LogP contribution is 2.46. The Morgan fingerprint density at radius 1 is 0.914 bits per heavy atom. The number of benzene rings is 2. The fourth-order valence-electron chi connectivity index (χ4n) is 5.67. The fourth-order valence-corrected chi connectivity index (χ4v) is 5.67. The molecule has 2 aromatic rings. The van der Waals surface area contributed by atoms with E-state index in [1.54, 1.807) is 0 Å². The van der Waals surface area contributed by atoms with Crippen LogP contribution in [0.25, 0.3) is 11.1 Å². The second-order valence-corrected chi connectivity index (χ2v) is 10.2. The highest BCUT2D eigenvalue weighted by molar-refractivity contribution is 5.82. The molecule has 7 heteroatoms. The topological polar surface area (TPSA) is 105 Å². The third-order valence-electron chi connectivity index (χ3n) is 8.01. The zero-order valence-electron chi connectivity index (χ0n) is 19.8. The molecular formula is C28H32N2O5. The molecule has 5 rings (SSSR count). The summed E-state index contributed by atoms with van der Waals surface area (Å²) in [6, 6.07) is 16.4. The van der Waals surface area contributed by atoms with Crippen LogP contribution in [0, 0.1) is 17.3 Å². The van der Waals surface area contributed by atoms with Crippen LogP contribution in [0.4, 0.5) is 4.79 Å². The average molecular weight is 477 g/mol. The summed E-state index contributed by atoms with van der Waals surface area (Å²) >= 11 is 0. The molecule has 3 aliphatic carbocycles. The zero-order valence-corrected chi connectivity index (χ0v) is 19.8. The molecule has 0 bridgehead atoms. The largest absolute Gasteiger partial charge is 0.481 e. The standard InChI is InChI=1S/C28H32N2O5/c31-25(30-17-28(13-14-28)26(32)33)19-8-2-1-7-18(19)15-29-27(34)35-16-24-22-11-5-3-9-20(22)21-10-4-6-12-23(21)24/h3-6,9-12,18-19,24H,1-2,7-8,13-17H2,(H,29,34)(H,30,31)(H,32,33). The number of fused-ring (bicyclic) bond motifs is 3.